The lowest BCUT2D eigenvalue weighted by atomic mass is 10.0. The van der Waals surface area contributed by atoms with E-state index in [1.54, 1.807) is 7.11 Å². The molecule has 0 N–H and O–H groups in total. The molecule has 22 heavy (non-hydrogen) atoms. The molecule has 1 aliphatic heterocycles. The minimum Gasteiger partial charge on any atom is -0.496 e. The number of carbonyl (C=O) groups excluding carboxylic acids is 1. The molecule has 2 aromatic rings. The van der Waals surface area contributed by atoms with Crippen molar-refractivity contribution in [3.63, 3.8) is 0 Å². The first-order chi connectivity index (χ1) is 10.7. The zero-order chi connectivity index (χ0) is 15.5. The predicted octanol–water partition coefficient (Wildman–Crippen LogP) is 3.28. The highest BCUT2D eigenvalue weighted by Crippen LogP contribution is 2.26. The van der Waals surface area contributed by atoms with E-state index in [1.165, 1.54) is 0 Å². The molecule has 1 aromatic carbocycles. The van der Waals surface area contributed by atoms with Crippen LogP contribution in [0.1, 0.15) is 34.8 Å². The van der Waals surface area contributed by atoms with E-state index in [0.29, 0.717) is 17.4 Å². The number of benzene rings is 1. The molecule has 0 unspecified atom stereocenters. The molecule has 0 atom stereocenters. The standard InChI is InChI=1S/C18H22N2O2/c1-14-5-6-17(22-2)16(13-14)18(21)20-11-7-15(8-12-20)19-9-3-4-10-19/h3-6,9-10,13,15H,7-8,11-12H2,1-2H3. The number of rotatable bonds is 3. The van der Waals surface area contributed by atoms with Gasteiger partial charge in [0.2, 0.25) is 0 Å². The molecule has 3 rings (SSSR count). The Balaban J connectivity index is 1.71. The van der Waals surface area contributed by atoms with Crippen LogP contribution >= 0.6 is 0 Å². The van der Waals surface area contributed by atoms with Crippen LogP contribution in [0.2, 0.25) is 0 Å². The molecule has 1 saturated heterocycles. The van der Waals surface area contributed by atoms with Crippen molar-refractivity contribution in [1.29, 1.82) is 0 Å². The molecule has 1 aliphatic rings. The Hall–Kier alpha value is -2.23. The van der Waals surface area contributed by atoms with Crippen LogP contribution in [-0.4, -0.2) is 35.6 Å². The molecule has 116 valence electrons. The van der Waals surface area contributed by atoms with Crippen LogP contribution in [0.15, 0.2) is 42.7 Å². The van der Waals surface area contributed by atoms with Gasteiger partial charge in [0, 0.05) is 31.5 Å². The van der Waals surface area contributed by atoms with Crippen molar-refractivity contribution in [2.75, 3.05) is 20.2 Å². The summed E-state index contributed by atoms with van der Waals surface area (Å²) in [6.07, 6.45) is 6.20. The summed E-state index contributed by atoms with van der Waals surface area (Å²) in [6.45, 7) is 3.58. The van der Waals surface area contributed by atoms with E-state index in [0.717, 1.165) is 31.5 Å². The van der Waals surface area contributed by atoms with Gasteiger partial charge in [-0.3, -0.25) is 4.79 Å². The van der Waals surface area contributed by atoms with Crippen molar-refractivity contribution in [2.45, 2.75) is 25.8 Å². The Labute approximate surface area is 131 Å². The third-order valence-electron chi connectivity index (χ3n) is 4.39. The van der Waals surface area contributed by atoms with Gasteiger partial charge in [0.1, 0.15) is 5.75 Å². The normalized spacial score (nSPS) is 15.8. The van der Waals surface area contributed by atoms with E-state index in [-0.39, 0.29) is 5.91 Å². The second-order valence-corrected chi connectivity index (χ2v) is 5.86. The monoisotopic (exact) mass is 298 g/mol. The fraction of sp³-hybridized carbons (Fsp3) is 0.389. The zero-order valence-corrected chi connectivity index (χ0v) is 13.2. The molecule has 1 fully saturated rings. The number of hydrogen-bond donors (Lipinski definition) is 0. The fourth-order valence-electron chi connectivity index (χ4n) is 3.12. The molecule has 0 spiro atoms. The number of carbonyl (C=O) groups is 1. The summed E-state index contributed by atoms with van der Waals surface area (Å²) in [6, 6.07) is 10.4. The molecule has 4 nitrogen and oxygen atoms in total. The maximum absolute atomic E-state index is 12.8. The van der Waals surface area contributed by atoms with Crippen LogP contribution < -0.4 is 4.74 Å². The van der Waals surface area contributed by atoms with Crippen LogP contribution in [0.3, 0.4) is 0 Å². The number of aromatic nitrogens is 1. The first kappa shape index (κ1) is 14.7. The Morgan fingerprint density at radius 3 is 2.50 bits per heavy atom. The number of ether oxygens (including phenoxy) is 1. The maximum atomic E-state index is 12.8. The quantitative estimate of drug-likeness (QED) is 0.871. The van der Waals surface area contributed by atoms with Crippen LogP contribution in [0.4, 0.5) is 0 Å². The van der Waals surface area contributed by atoms with Gasteiger partial charge in [0.05, 0.1) is 12.7 Å². The number of nitrogens with zero attached hydrogens (tertiary/aromatic N) is 2. The Morgan fingerprint density at radius 1 is 1.18 bits per heavy atom. The maximum Gasteiger partial charge on any atom is 0.257 e. The van der Waals surface area contributed by atoms with E-state index in [1.807, 2.05) is 30.0 Å². The highest BCUT2D eigenvalue weighted by Gasteiger charge is 2.25. The minimum atomic E-state index is 0.0755. The van der Waals surface area contributed by atoms with E-state index < -0.39 is 0 Å². The highest BCUT2D eigenvalue weighted by atomic mass is 16.5. The largest absolute Gasteiger partial charge is 0.496 e. The van der Waals surface area contributed by atoms with Crippen molar-refractivity contribution in [3.05, 3.63) is 53.9 Å². The van der Waals surface area contributed by atoms with Gasteiger partial charge in [0.25, 0.3) is 5.91 Å². The van der Waals surface area contributed by atoms with Gasteiger partial charge in [-0.2, -0.15) is 0 Å². The van der Waals surface area contributed by atoms with Crippen molar-refractivity contribution < 1.29 is 9.53 Å². The molecule has 2 heterocycles. The van der Waals surface area contributed by atoms with Crippen molar-refractivity contribution >= 4 is 5.91 Å². The van der Waals surface area contributed by atoms with E-state index in [9.17, 15) is 4.79 Å². The molecule has 1 amide bonds. The SMILES string of the molecule is COc1ccc(C)cc1C(=O)N1CCC(n2cccc2)CC1. The summed E-state index contributed by atoms with van der Waals surface area (Å²) in [4.78, 5) is 14.7. The lowest BCUT2D eigenvalue weighted by Gasteiger charge is -2.33. The van der Waals surface area contributed by atoms with Gasteiger partial charge in [-0.05, 0) is 44.0 Å². The molecular weight excluding hydrogens is 276 g/mol. The van der Waals surface area contributed by atoms with Crippen molar-refractivity contribution in [2.24, 2.45) is 0 Å². The molecule has 0 aliphatic carbocycles. The first-order valence-corrected chi connectivity index (χ1v) is 7.75. The van der Waals surface area contributed by atoms with Gasteiger partial charge < -0.3 is 14.2 Å². The van der Waals surface area contributed by atoms with Crippen LogP contribution in [-0.2, 0) is 0 Å². The number of aryl methyl sites for hydroxylation is 1. The van der Waals surface area contributed by atoms with Crippen molar-refractivity contribution in [1.82, 2.24) is 9.47 Å². The third kappa shape index (κ3) is 2.86. The van der Waals surface area contributed by atoms with Crippen LogP contribution in [0, 0.1) is 6.92 Å². The Kier molecular flexibility index (Phi) is 4.18. The smallest absolute Gasteiger partial charge is 0.257 e. The Morgan fingerprint density at radius 2 is 1.86 bits per heavy atom. The molecule has 1 aromatic heterocycles. The zero-order valence-electron chi connectivity index (χ0n) is 13.2. The van der Waals surface area contributed by atoms with Gasteiger partial charge in [0.15, 0.2) is 0 Å². The number of piperidine rings is 1. The van der Waals surface area contributed by atoms with Crippen molar-refractivity contribution in [3.8, 4) is 5.75 Å². The average Bonchev–Trinajstić information content (AvgIpc) is 3.09. The molecule has 0 saturated carbocycles. The van der Waals surface area contributed by atoms with Gasteiger partial charge in [-0.15, -0.1) is 0 Å². The minimum absolute atomic E-state index is 0.0755. The number of methoxy groups -OCH3 is 1. The fourth-order valence-corrected chi connectivity index (χ4v) is 3.12. The van der Waals surface area contributed by atoms with Gasteiger partial charge >= 0.3 is 0 Å². The summed E-state index contributed by atoms with van der Waals surface area (Å²) in [5.41, 5.74) is 1.74. The van der Waals surface area contributed by atoms with Gasteiger partial charge in [-0.25, -0.2) is 0 Å². The van der Waals surface area contributed by atoms with Gasteiger partial charge in [-0.1, -0.05) is 11.6 Å². The lowest BCUT2D eigenvalue weighted by Crippen LogP contribution is -2.39. The molecule has 0 bridgehead atoms. The second-order valence-electron chi connectivity index (χ2n) is 5.86. The van der Waals surface area contributed by atoms with E-state index in [2.05, 4.69) is 29.1 Å². The summed E-state index contributed by atoms with van der Waals surface area (Å²) in [5, 5.41) is 0. The summed E-state index contributed by atoms with van der Waals surface area (Å²) >= 11 is 0. The van der Waals surface area contributed by atoms with Crippen LogP contribution in [0.25, 0.3) is 0 Å². The molecule has 0 radical (unpaired) electrons. The second kappa shape index (κ2) is 6.26. The van der Waals surface area contributed by atoms with E-state index >= 15 is 0 Å². The first-order valence-electron chi connectivity index (χ1n) is 7.75. The lowest BCUT2D eigenvalue weighted by molar-refractivity contribution is 0.0691. The Bertz CT molecular complexity index is 641. The summed E-state index contributed by atoms with van der Waals surface area (Å²) in [7, 11) is 1.61. The molecule has 4 heteroatoms. The van der Waals surface area contributed by atoms with Crippen LogP contribution in [0.5, 0.6) is 5.75 Å². The topological polar surface area (TPSA) is 34.5 Å². The highest BCUT2D eigenvalue weighted by molar-refractivity contribution is 5.97. The average molecular weight is 298 g/mol. The number of likely N-dealkylation sites (tertiary alicyclic amines) is 1. The predicted molar refractivity (Wildman–Crippen MR) is 86.3 cm³/mol. The summed E-state index contributed by atoms with van der Waals surface area (Å²) in [5.74, 6) is 0.731. The number of amides is 1. The molecular formula is C18H22N2O2. The summed E-state index contributed by atoms with van der Waals surface area (Å²) < 4.78 is 7.59. The number of hydrogen-bond acceptors (Lipinski definition) is 2. The van der Waals surface area contributed by atoms with E-state index in [4.69, 9.17) is 4.74 Å². The third-order valence-corrected chi connectivity index (χ3v) is 4.39.